The van der Waals surface area contributed by atoms with Crippen LogP contribution in [-0.4, -0.2) is 38.5 Å². The normalized spacial score (nSPS) is 10.6. The van der Waals surface area contributed by atoms with Gasteiger partial charge in [0.1, 0.15) is 0 Å². The third-order valence-corrected chi connectivity index (χ3v) is 3.03. The molecule has 1 rings (SSSR count). The van der Waals surface area contributed by atoms with Crippen molar-refractivity contribution in [1.29, 1.82) is 0 Å². The van der Waals surface area contributed by atoms with Crippen LogP contribution in [0.3, 0.4) is 0 Å². The molecular formula is C16H27IN4O. The molecule has 0 heterocycles. The lowest BCUT2D eigenvalue weighted by Gasteiger charge is -2.12. The summed E-state index contributed by atoms with van der Waals surface area (Å²) in [6, 6.07) is 7.57. The Morgan fingerprint density at radius 3 is 2.45 bits per heavy atom. The second-order valence-corrected chi connectivity index (χ2v) is 4.90. The van der Waals surface area contributed by atoms with Gasteiger partial charge >= 0.3 is 0 Å². The number of nitrogens with zero attached hydrogens (tertiary/aromatic N) is 1. The smallest absolute Gasteiger partial charge is 0.251 e. The minimum absolute atomic E-state index is 0. The maximum Gasteiger partial charge on any atom is 0.251 e. The summed E-state index contributed by atoms with van der Waals surface area (Å²) in [5, 5.41) is 9.28. The van der Waals surface area contributed by atoms with Crippen LogP contribution in [0.5, 0.6) is 0 Å². The number of aliphatic imine (C=N–C) groups is 1. The second-order valence-electron chi connectivity index (χ2n) is 4.90. The van der Waals surface area contributed by atoms with Crippen molar-refractivity contribution in [1.82, 2.24) is 16.0 Å². The summed E-state index contributed by atoms with van der Waals surface area (Å²) in [5.41, 5.74) is 1.78. The molecule has 0 aromatic heterocycles. The Morgan fingerprint density at radius 1 is 1.14 bits per heavy atom. The molecule has 6 heteroatoms. The molecule has 5 nitrogen and oxygen atoms in total. The maximum atomic E-state index is 11.9. The van der Waals surface area contributed by atoms with E-state index >= 15 is 0 Å². The van der Waals surface area contributed by atoms with E-state index < -0.39 is 0 Å². The summed E-state index contributed by atoms with van der Waals surface area (Å²) in [6.45, 7) is 6.24. The molecule has 0 aliphatic rings. The highest BCUT2D eigenvalue weighted by atomic mass is 127. The Hall–Kier alpha value is -1.31. The molecule has 0 spiro atoms. The minimum Gasteiger partial charge on any atom is -0.356 e. The third-order valence-electron chi connectivity index (χ3n) is 3.03. The van der Waals surface area contributed by atoms with Crippen molar-refractivity contribution in [2.24, 2.45) is 4.99 Å². The van der Waals surface area contributed by atoms with Crippen LogP contribution in [0.25, 0.3) is 0 Å². The predicted octanol–water partition coefficient (Wildman–Crippen LogP) is 2.31. The van der Waals surface area contributed by atoms with Gasteiger partial charge in [-0.05, 0) is 25.5 Å². The molecule has 0 aliphatic heterocycles. The Bertz CT molecular complexity index is 477. The molecule has 1 aromatic carbocycles. The molecule has 0 saturated heterocycles. The molecule has 0 unspecified atom stereocenters. The summed E-state index contributed by atoms with van der Waals surface area (Å²) in [5.74, 6) is 0.725. The standard InChI is InChI=1S/C16H26N4O.HI/c1-4-5-9-19-16(17-3)20-11-10-18-15(21)14-8-6-7-13(2)12-14;/h6-8,12H,4-5,9-11H2,1-3H3,(H,18,21)(H2,17,19,20);1H. The first-order valence-electron chi connectivity index (χ1n) is 7.46. The summed E-state index contributed by atoms with van der Waals surface area (Å²) in [7, 11) is 1.74. The molecule has 0 aliphatic carbocycles. The van der Waals surface area contributed by atoms with E-state index in [0.717, 1.165) is 30.9 Å². The van der Waals surface area contributed by atoms with E-state index in [9.17, 15) is 4.79 Å². The average Bonchev–Trinajstić information content (AvgIpc) is 2.49. The largest absolute Gasteiger partial charge is 0.356 e. The number of hydrogen-bond donors (Lipinski definition) is 3. The highest BCUT2D eigenvalue weighted by Crippen LogP contribution is 2.03. The van der Waals surface area contributed by atoms with Crippen LogP contribution >= 0.6 is 24.0 Å². The van der Waals surface area contributed by atoms with Crippen molar-refractivity contribution in [2.45, 2.75) is 26.7 Å². The quantitative estimate of drug-likeness (QED) is 0.276. The summed E-state index contributed by atoms with van der Waals surface area (Å²) >= 11 is 0. The van der Waals surface area contributed by atoms with Crippen LogP contribution in [0.15, 0.2) is 29.3 Å². The van der Waals surface area contributed by atoms with Crippen molar-refractivity contribution in [3.8, 4) is 0 Å². The van der Waals surface area contributed by atoms with Gasteiger partial charge in [-0.2, -0.15) is 0 Å². The van der Waals surface area contributed by atoms with Crippen molar-refractivity contribution in [3.63, 3.8) is 0 Å². The molecule has 0 saturated carbocycles. The summed E-state index contributed by atoms with van der Waals surface area (Å²) in [4.78, 5) is 16.1. The Labute approximate surface area is 150 Å². The van der Waals surface area contributed by atoms with Gasteiger partial charge in [0.2, 0.25) is 0 Å². The van der Waals surface area contributed by atoms with Crippen molar-refractivity contribution in [2.75, 3.05) is 26.7 Å². The molecule has 0 radical (unpaired) electrons. The maximum absolute atomic E-state index is 11.9. The number of guanidine groups is 1. The molecule has 124 valence electrons. The van der Waals surface area contributed by atoms with Gasteiger partial charge in [0.05, 0.1) is 0 Å². The third kappa shape index (κ3) is 8.21. The van der Waals surface area contributed by atoms with Crippen molar-refractivity contribution < 1.29 is 4.79 Å². The fraction of sp³-hybridized carbons (Fsp3) is 0.500. The van der Waals surface area contributed by atoms with Crippen LogP contribution in [-0.2, 0) is 0 Å². The molecule has 0 fully saturated rings. The van der Waals surface area contributed by atoms with Gasteiger partial charge < -0.3 is 16.0 Å². The Morgan fingerprint density at radius 2 is 1.82 bits per heavy atom. The lowest BCUT2D eigenvalue weighted by atomic mass is 10.1. The van der Waals surface area contributed by atoms with Crippen molar-refractivity contribution >= 4 is 35.8 Å². The molecule has 0 atom stereocenters. The Kier molecular flexibility index (Phi) is 11.5. The number of carbonyl (C=O) groups is 1. The molecule has 1 aromatic rings. The Balaban J connectivity index is 0.00000441. The highest BCUT2D eigenvalue weighted by Gasteiger charge is 2.04. The van der Waals surface area contributed by atoms with Gasteiger partial charge in [0, 0.05) is 32.2 Å². The lowest BCUT2D eigenvalue weighted by Crippen LogP contribution is -2.41. The van der Waals surface area contributed by atoms with E-state index in [-0.39, 0.29) is 29.9 Å². The topological polar surface area (TPSA) is 65.5 Å². The number of benzene rings is 1. The van der Waals surface area contributed by atoms with Crippen LogP contribution in [0.1, 0.15) is 35.7 Å². The fourth-order valence-corrected chi connectivity index (χ4v) is 1.85. The van der Waals surface area contributed by atoms with Crippen LogP contribution in [0.2, 0.25) is 0 Å². The van der Waals surface area contributed by atoms with E-state index in [1.165, 1.54) is 0 Å². The van der Waals surface area contributed by atoms with Crippen LogP contribution < -0.4 is 16.0 Å². The second kappa shape index (κ2) is 12.3. The van der Waals surface area contributed by atoms with E-state index in [1.54, 1.807) is 7.05 Å². The SMILES string of the molecule is CCCCNC(=NC)NCCNC(=O)c1cccc(C)c1.I. The zero-order chi connectivity index (χ0) is 15.5. The fourth-order valence-electron chi connectivity index (χ4n) is 1.85. The molecule has 3 N–H and O–H groups in total. The average molecular weight is 418 g/mol. The predicted molar refractivity (Wildman–Crippen MR) is 103 cm³/mol. The number of nitrogens with one attached hydrogen (secondary N) is 3. The number of rotatable bonds is 7. The number of unbranched alkanes of at least 4 members (excludes halogenated alkanes) is 1. The van der Waals surface area contributed by atoms with E-state index in [4.69, 9.17) is 0 Å². The number of carbonyl (C=O) groups excluding carboxylic acids is 1. The van der Waals surface area contributed by atoms with E-state index in [0.29, 0.717) is 18.7 Å². The van der Waals surface area contributed by atoms with Gasteiger partial charge in [-0.15, -0.1) is 24.0 Å². The van der Waals surface area contributed by atoms with Crippen molar-refractivity contribution in [3.05, 3.63) is 35.4 Å². The molecule has 0 bridgehead atoms. The highest BCUT2D eigenvalue weighted by molar-refractivity contribution is 14.0. The zero-order valence-corrected chi connectivity index (χ0v) is 15.9. The first-order valence-corrected chi connectivity index (χ1v) is 7.46. The van der Waals surface area contributed by atoms with E-state index in [1.807, 2.05) is 31.2 Å². The number of halogens is 1. The van der Waals surface area contributed by atoms with Gasteiger partial charge in [-0.1, -0.05) is 31.0 Å². The van der Waals surface area contributed by atoms with Gasteiger partial charge in [0.25, 0.3) is 5.91 Å². The summed E-state index contributed by atoms with van der Waals surface area (Å²) in [6.07, 6.45) is 2.27. The first kappa shape index (κ1) is 20.7. The van der Waals surface area contributed by atoms with E-state index in [2.05, 4.69) is 27.9 Å². The minimum atomic E-state index is -0.0468. The number of aryl methyl sites for hydroxylation is 1. The zero-order valence-electron chi connectivity index (χ0n) is 13.6. The molecule has 22 heavy (non-hydrogen) atoms. The first-order chi connectivity index (χ1) is 10.2. The number of amides is 1. The van der Waals surface area contributed by atoms with Gasteiger partial charge in [0.15, 0.2) is 5.96 Å². The number of hydrogen-bond acceptors (Lipinski definition) is 2. The lowest BCUT2D eigenvalue weighted by molar-refractivity contribution is 0.0954. The van der Waals surface area contributed by atoms with Crippen LogP contribution in [0, 0.1) is 6.92 Å². The summed E-state index contributed by atoms with van der Waals surface area (Å²) < 4.78 is 0. The monoisotopic (exact) mass is 418 g/mol. The molecular weight excluding hydrogens is 391 g/mol. The van der Waals surface area contributed by atoms with Gasteiger partial charge in [-0.3, -0.25) is 9.79 Å². The van der Waals surface area contributed by atoms with Crippen LogP contribution in [0.4, 0.5) is 0 Å². The van der Waals surface area contributed by atoms with Gasteiger partial charge in [-0.25, -0.2) is 0 Å². The molecule has 1 amide bonds.